The number of halogens is 1. The van der Waals surface area contributed by atoms with Crippen molar-refractivity contribution in [2.75, 3.05) is 0 Å². The van der Waals surface area contributed by atoms with Gasteiger partial charge in [0.25, 0.3) is 0 Å². The highest BCUT2D eigenvalue weighted by Gasteiger charge is 2.11. The van der Waals surface area contributed by atoms with Gasteiger partial charge in [-0.15, -0.1) is 0 Å². The van der Waals surface area contributed by atoms with Crippen LogP contribution in [0.1, 0.15) is 17.0 Å². The molecule has 20 heavy (non-hydrogen) atoms. The zero-order chi connectivity index (χ0) is 14.1. The molecule has 0 radical (unpaired) electrons. The largest absolute Gasteiger partial charge is 0.331 e. The Bertz CT molecular complexity index is 762. The molecule has 3 nitrogen and oxygen atoms in total. The molecule has 0 aliphatic carbocycles. The van der Waals surface area contributed by atoms with Crippen LogP contribution in [0.15, 0.2) is 42.5 Å². The molecule has 0 aliphatic rings. The van der Waals surface area contributed by atoms with Gasteiger partial charge in [0.15, 0.2) is 0 Å². The molecule has 1 heterocycles. The van der Waals surface area contributed by atoms with E-state index in [9.17, 15) is 0 Å². The smallest absolute Gasteiger partial charge is 0.114 e. The Labute approximate surface area is 123 Å². The molecule has 3 aromatic rings. The van der Waals surface area contributed by atoms with Crippen molar-refractivity contribution in [1.82, 2.24) is 9.55 Å². The van der Waals surface area contributed by atoms with Crippen molar-refractivity contribution in [3.05, 3.63) is 64.4 Å². The summed E-state index contributed by atoms with van der Waals surface area (Å²) in [7, 11) is 2.04. The number of hydrogen-bond acceptors (Lipinski definition) is 2. The third-order valence-electron chi connectivity index (χ3n) is 3.56. The van der Waals surface area contributed by atoms with Crippen molar-refractivity contribution in [3.63, 3.8) is 0 Å². The Morgan fingerprint density at radius 3 is 2.75 bits per heavy atom. The van der Waals surface area contributed by atoms with Gasteiger partial charge in [0.2, 0.25) is 0 Å². The van der Waals surface area contributed by atoms with E-state index < -0.39 is 0 Å². The third kappa shape index (κ3) is 2.30. The average Bonchev–Trinajstić information content (AvgIpc) is 2.76. The van der Waals surface area contributed by atoms with Gasteiger partial charge in [-0.2, -0.15) is 0 Å². The Morgan fingerprint density at radius 1 is 1.20 bits per heavy atom. The van der Waals surface area contributed by atoms with Gasteiger partial charge in [-0.1, -0.05) is 35.9 Å². The Kier molecular flexibility index (Phi) is 3.47. The minimum absolute atomic E-state index is 0.505. The number of aromatic nitrogens is 2. The highest BCUT2D eigenvalue weighted by atomic mass is 35.5. The number of hydrogen-bond donors (Lipinski definition) is 1. The highest BCUT2D eigenvalue weighted by Crippen LogP contribution is 2.21. The van der Waals surface area contributed by atoms with Gasteiger partial charge in [0.1, 0.15) is 5.82 Å². The second kappa shape index (κ2) is 5.27. The fourth-order valence-corrected chi connectivity index (χ4v) is 2.69. The van der Waals surface area contributed by atoms with E-state index in [0.717, 1.165) is 39.4 Å². The first-order valence-electron chi connectivity index (χ1n) is 6.56. The number of fused-ring (bicyclic) bond motifs is 1. The van der Waals surface area contributed by atoms with Crippen molar-refractivity contribution < 1.29 is 0 Å². The molecule has 0 spiro atoms. The molecule has 4 heteroatoms. The number of aryl methyl sites for hydroxylation is 1. The van der Waals surface area contributed by atoms with Gasteiger partial charge in [-0.05, 0) is 29.3 Å². The normalized spacial score (nSPS) is 11.2. The second-order valence-corrected chi connectivity index (χ2v) is 5.32. The summed E-state index contributed by atoms with van der Waals surface area (Å²) in [6, 6.07) is 14.0. The van der Waals surface area contributed by atoms with E-state index in [2.05, 4.69) is 16.7 Å². The predicted octanol–water partition coefficient (Wildman–Crippen LogP) is 3.28. The van der Waals surface area contributed by atoms with Gasteiger partial charge in [0.05, 0.1) is 11.0 Å². The molecule has 0 unspecified atom stereocenters. The minimum Gasteiger partial charge on any atom is -0.331 e. The second-order valence-electron chi connectivity index (χ2n) is 4.88. The molecule has 0 atom stereocenters. The van der Waals surface area contributed by atoms with E-state index in [1.165, 1.54) is 0 Å². The minimum atomic E-state index is 0.505. The summed E-state index contributed by atoms with van der Waals surface area (Å²) in [4.78, 5) is 4.75. The van der Waals surface area contributed by atoms with Crippen molar-refractivity contribution in [3.8, 4) is 0 Å². The molecular formula is C16H16ClN3. The van der Waals surface area contributed by atoms with E-state index in [4.69, 9.17) is 22.3 Å². The summed E-state index contributed by atoms with van der Waals surface area (Å²) in [6.45, 7) is 0.505. The van der Waals surface area contributed by atoms with E-state index in [1.54, 1.807) is 0 Å². The van der Waals surface area contributed by atoms with Crippen LogP contribution in [0, 0.1) is 0 Å². The van der Waals surface area contributed by atoms with Crippen molar-refractivity contribution >= 4 is 22.6 Å². The average molecular weight is 286 g/mol. The Morgan fingerprint density at radius 2 is 2.00 bits per heavy atom. The van der Waals surface area contributed by atoms with Crippen molar-refractivity contribution in [1.29, 1.82) is 0 Å². The molecule has 102 valence electrons. The summed E-state index contributed by atoms with van der Waals surface area (Å²) in [5.74, 6) is 1.02. The van der Waals surface area contributed by atoms with Crippen LogP contribution < -0.4 is 5.73 Å². The summed E-state index contributed by atoms with van der Waals surface area (Å²) < 4.78 is 2.12. The SMILES string of the molecule is Cn1c(Cc2cccc(Cl)c2)nc2c(CN)cccc21. The predicted molar refractivity (Wildman–Crippen MR) is 82.9 cm³/mol. The lowest BCUT2D eigenvalue weighted by Crippen LogP contribution is -1.98. The lowest BCUT2D eigenvalue weighted by molar-refractivity contribution is 0.844. The lowest BCUT2D eigenvalue weighted by Gasteiger charge is -2.03. The fourth-order valence-electron chi connectivity index (χ4n) is 2.47. The van der Waals surface area contributed by atoms with Crippen LogP contribution in [0.4, 0.5) is 0 Å². The maximum atomic E-state index is 6.03. The van der Waals surface area contributed by atoms with Gasteiger partial charge >= 0.3 is 0 Å². The van der Waals surface area contributed by atoms with Crippen LogP contribution in [0.2, 0.25) is 5.02 Å². The third-order valence-corrected chi connectivity index (χ3v) is 3.79. The number of benzene rings is 2. The summed E-state index contributed by atoms with van der Waals surface area (Å²) in [5.41, 5.74) is 10.1. The Balaban J connectivity index is 2.06. The number of nitrogens with two attached hydrogens (primary N) is 1. The van der Waals surface area contributed by atoms with Crippen LogP contribution in [-0.2, 0) is 20.0 Å². The monoisotopic (exact) mass is 285 g/mol. The van der Waals surface area contributed by atoms with Gasteiger partial charge in [-0.25, -0.2) is 4.98 Å². The van der Waals surface area contributed by atoms with Crippen LogP contribution in [-0.4, -0.2) is 9.55 Å². The van der Waals surface area contributed by atoms with E-state index in [-0.39, 0.29) is 0 Å². The van der Waals surface area contributed by atoms with Crippen LogP contribution in [0.3, 0.4) is 0 Å². The summed E-state index contributed by atoms with van der Waals surface area (Å²) in [5, 5.41) is 0.754. The van der Waals surface area contributed by atoms with E-state index in [0.29, 0.717) is 6.54 Å². The fraction of sp³-hybridized carbons (Fsp3) is 0.188. The van der Waals surface area contributed by atoms with Gasteiger partial charge < -0.3 is 10.3 Å². The van der Waals surface area contributed by atoms with Crippen LogP contribution >= 0.6 is 11.6 Å². The Hall–Kier alpha value is -1.84. The molecule has 1 aromatic heterocycles. The zero-order valence-corrected chi connectivity index (χ0v) is 12.1. The molecule has 0 amide bonds. The van der Waals surface area contributed by atoms with E-state index >= 15 is 0 Å². The first-order chi connectivity index (χ1) is 9.69. The highest BCUT2D eigenvalue weighted by molar-refractivity contribution is 6.30. The van der Waals surface area contributed by atoms with Gasteiger partial charge in [-0.3, -0.25) is 0 Å². The number of para-hydroxylation sites is 1. The first kappa shape index (κ1) is 13.2. The maximum Gasteiger partial charge on any atom is 0.114 e. The molecule has 0 bridgehead atoms. The van der Waals surface area contributed by atoms with Crippen LogP contribution in [0.25, 0.3) is 11.0 Å². The number of imidazole rings is 1. The quantitative estimate of drug-likeness (QED) is 0.802. The van der Waals surface area contributed by atoms with E-state index in [1.807, 2.05) is 37.4 Å². The molecule has 0 saturated carbocycles. The van der Waals surface area contributed by atoms with Crippen molar-refractivity contribution in [2.45, 2.75) is 13.0 Å². The molecule has 3 rings (SSSR count). The zero-order valence-electron chi connectivity index (χ0n) is 11.3. The molecule has 2 N–H and O–H groups in total. The first-order valence-corrected chi connectivity index (χ1v) is 6.94. The molecule has 0 saturated heterocycles. The van der Waals surface area contributed by atoms with Gasteiger partial charge in [0, 0.05) is 25.0 Å². The number of rotatable bonds is 3. The lowest BCUT2D eigenvalue weighted by atomic mass is 10.1. The topological polar surface area (TPSA) is 43.8 Å². The summed E-state index contributed by atoms with van der Waals surface area (Å²) >= 11 is 6.03. The summed E-state index contributed by atoms with van der Waals surface area (Å²) in [6.07, 6.45) is 0.760. The van der Waals surface area contributed by atoms with Crippen LogP contribution in [0.5, 0.6) is 0 Å². The molecule has 0 fully saturated rings. The number of nitrogens with zero attached hydrogens (tertiary/aromatic N) is 2. The molecule has 0 aliphatic heterocycles. The maximum absolute atomic E-state index is 6.03. The molecular weight excluding hydrogens is 270 g/mol. The standard InChI is InChI=1S/C16H16ClN3/c1-20-14-7-3-5-12(10-18)16(14)19-15(20)9-11-4-2-6-13(17)8-11/h2-8H,9-10,18H2,1H3. The molecule has 2 aromatic carbocycles. The van der Waals surface area contributed by atoms with Crippen molar-refractivity contribution in [2.24, 2.45) is 12.8 Å².